The molecule has 1 unspecified atom stereocenters. The Balaban J connectivity index is 1.66. The number of ketones is 1. The highest BCUT2D eigenvalue weighted by molar-refractivity contribution is 9.10. The van der Waals surface area contributed by atoms with E-state index < -0.39 is 27.3 Å². The molecule has 10 heteroatoms. The fraction of sp³-hybridized carbons (Fsp3) is 0.250. The molecule has 8 nitrogen and oxygen atoms in total. The first-order valence-corrected chi connectivity index (χ1v) is 14.2. The SMILES string of the molecule is COc1cc(C)ccc1S(=O)(=O)CC(=O)C(c1cc(OC)c2c(c1)OCO2)c1cn(C)c2cc(Br)ccc12. The van der Waals surface area contributed by atoms with E-state index in [1.165, 1.54) is 20.3 Å². The summed E-state index contributed by atoms with van der Waals surface area (Å²) >= 11 is 3.51. The maximum atomic E-state index is 14.1. The van der Waals surface area contributed by atoms with E-state index in [1.54, 1.807) is 24.3 Å². The van der Waals surface area contributed by atoms with Crippen molar-refractivity contribution in [3.8, 4) is 23.0 Å². The van der Waals surface area contributed by atoms with Gasteiger partial charge in [0.15, 0.2) is 27.1 Å². The number of benzene rings is 3. The van der Waals surface area contributed by atoms with Crippen LogP contribution in [0.2, 0.25) is 0 Å². The first kappa shape index (κ1) is 26.1. The van der Waals surface area contributed by atoms with Crippen LogP contribution >= 0.6 is 15.9 Å². The van der Waals surface area contributed by atoms with Gasteiger partial charge in [0.05, 0.1) is 20.1 Å². The van der Waals surface area contributed by atoms with Crippen LogP contribution in [-0.2, 0) is 21.7 Å². The molecule has 1 aliphatic rings. The van der Waals surface area contributed by atoms with E-state index in [1.807, 2.05) is 42.9 Å². The zero-order valence-corrected chi connectivity index (χ0v) is 23.7. The first-order chi connectivity index (χ1) is 18.1. The van der Waals surface area contributed by atoms with Crippen molar-refractivity contribution in [2.45, 2.75) is 17.7 Å². The Morgan fingerprint density at radius 1 is 1.05 bits per heavy atom. The van der Waals surface area contributed by atoms with Gasteiger partial charge in [0.2, 0.25) is 12.5 Å². The molecular formula is C28H26BrNO7S. The van der Waals surface area contributed by atoms with Gasteiger partial charge in [0, 0.05) is 28.6 Å². The predicted molar refractivity (Wildman–Crippen MR) is 146 cm³/mol. The molecule has 5 rings (SSSR count). The fourth-order valence-corrected chi connectivity index (χ4v) is 6.62. The molecule has 3 aromatic carbocycles. The normalized spacial score (nSPS) is 13.5. The Morgan fingerprint density at radius 3 is 2.55 bits per heavy atom. The van der Waals surface area contributed by atoms with Gasteiger partial charge >= 0.3 is 0 Å². The number of halogens is 1. The van der Waals surface area contributed by atoms with Crippen LogP contribution in [0.3, 0.4) is 0 Å². The highest BCUT2D eigenvalue weighted by atomic mass is 79.9. The first-order valence-electron chi connectivity index (χ1n) is 11.7. The van der Waals surface area contributed by atoms with Crippen molar-refractivity contribution < 1.29 is 32.2 Å². The van der Waals surface area contributed by atoms with Crippen LogP contribution in [0.4, 0.5) is 0 Å². The molecule has 0 fully saturated rings. The monoisotopic (exact) mass is 599 g/mol. The number of aromatic nitrogens is 1. The lowest BCUT2D eigenvalue weighted by Crippen LogP contribution is -2.24. The molecule has 0 amide bonds. The van der Waals surface area contributed by atoms with Crippen molar-refractivity contribution >= 4 is 42.5 Å². The second-order valence-electron chi connectivity index (χ2n) is 9.13. The van der Waals surface area contributed by atoms with Crippen LogP contribution < -0.4 is 18.9 Å². The number of ether oxygens (including phenoxy) is 4. The van der Waals surface area contributed by atoms with Gasteiger partial charge in [0.25, 0.3) is 0 Å². The molecule has 0 bridgehead atoms. The van der Waals surface area contributed by atoms with Crippen LogP contribution in [0.25, 0.3) is 10.9 Å². The van der Waals surface area contributed by atoms with Crippen LogP contribution in [0, 0.1) is 6.92 Å². The molecule has 0 aliphatic carbocycles. The molecule has 1 aliphatic heterocycles. The molecule has 4 aromatic rings. The van der Waals surface area contributed by atoms with E-state index in [0.717, 1.165) is 20.9 Å². The quantitative estimate of drug-likeness (QED) is 0.276. The van der Waals surface area contributed by atoms with Crippen molar-refractivity contribution in [1.82, 2.24) is 4.57 Å². The molecule has 1 aromatic heterocycles. The minimum atomic E-state index is -4.04. The summed E-state index contributed by atoms with van der Waals surface area (Å²) in [6, 6.07) is 14.0. The second kappa shape index (κ2) is 9.99. The van der Waals surface area contributed by atoms with Crippen LogP contribution in [0.5, 0.6) is 23.0 Å². The van der Waals surface area contributed by atoms with E-state index in [2.05, 4.69) is 15.9 Å². The number of carbonyl (C=O) groups excluding carboxylic acids is 1. The Hall–Kier alpha value is -3.50. The fourth-order valence-electron chi connectivity index (χ4n) is 4.85. The van der Waals surface area contributed by atoms with Crippen molar-refractivity contribution in [3.05, 3.63) is 75.9 Å². The Kier molecular flexibility index (Phi) is 6.87. The van der Waals surface area contributed by atoms with Crippen LogP contribution in [-0.4, -0.2) is 45.5 Å². The summed E-state index contributed by atoms with van der Waals surface area (Å²) in [5.74, 6) is -0.656. The average molecular weight is 600 g/mol. The molecule has 198 valence electrons. The Morgan fingerprint density at radius 2 is 1.82 bits per heavy atom. The van der Waals surface area contributed by atoms with Crippen LogP contribution in [0.15, 0.2) is 64.1 Å². The number of fused-ring (bicyclic) bond motifs is 2. The zero-order valence-electron chi connectivity index (χ0n) is 21.3. The predicted octanol–water partition coefficient (Wildman–Crippen LogP) is 5.17. The number of methoxy groups -OCH3 is 2. The molecule has 38 heavy (non-hydrogen) atoms. The summed E-state index contributed by atoms with van der Waals surface area (Å²) in [5.41, 5.74) is 2.95. The third-order valence-electron chi connectivity index (χ3n) is 6.62. The molecule has 0 radical (unpaired) electrons. The average Bonchev–Trinajstić information content (AvgIpc) is 3.47. The number of sulfone groups is 1. The summed E-state index contributed by atoms with van der Waals surface area (Å²) in [5, 5.41) is 0.830. The lowest BCUT2D eigenvalue weighted by Gasteiger charge is -2.19. The van der Waals surface area contributed by atoms with E-state index in [4.69, 9.17) is 18.9 Å². The van der Waals surface area contributed by atoms with Crippen molar-refractivity contribution in [2.24, 2.45) is 7.05 Å². The maximum Gasteiger partial charge on any atom is 0.231 e. The van der Waals surface area contributed by atoms with Gasteiger partial charge in [0.1, 0.15) is 16.4 Å². The molecule has 0 N–H and O–H groups in total. The number of hydrogen-bond donors (Lipinski definition) is 0. The van der Waals surface area contributed by atoms with Gasteiger partial charge in [-0.3, -0.25) is 4.79 Å². The van der Waals surface area contributed by atoms with Gasteiger partial charge in [-0.05, 0) is 60.0 Å². The molecule has 1 atom stereocenters. The van der Waals surface area contributed by atoms with Crippen molar-refractivity contribution in [2.75, 3.05) is 26.8 Å². The van der Waals surface area contributed by atoms with Gasteiger partial charge < -0.3 is 23.5 Å². The molecule has 2 heterocycles. The minimum absolute atomic E-state index is 0.0252. The number of nitrogens with zero attached hydrogens (tertiary/aromatic N) is 1. The standard InChI is InChI=1S/C28H26BrNO7S/c1-16-5-8-26(23(9-16)34-3)38(32,33)14-22(31)27(17-10-24(35-4)28-25(11-17)36-15-37-28)20-13-30(2)21-12-18(29)6-7-19(20)21/h5-13,27H,14-15H2,1-4H3. The van der Waals surface area contributed by atoms with Gasteiger partial charge in [-0.25, -0.2) is 8.42 Å². The lowest BCUT2D eigenvalue weighted by molar-refractivity contribution is -0.117. The van der Waals surface area contributed by atoms with E-state index in [9.17, 15) is 13.2 Å². The van der Waals surface area contributed by atoms with Crippen molar-refractivity contribution in [1.29, 1.82) is 0 Å². The van der Waals surface area contributed by atoms with E-state index in [0.29, 0.717) is 28.4 Å². The lowest BCUT2D eigenvalue weighted by atomic mass is 9.87. The number of hydrogen-bond acceptors (Lipinski definition) is 7. The number of carbonyl (C=O) groups is 1. The Bertz CT molecular complexity index is 1680. The number of rotatable bonds is 8. The minimum Gasteiger partial charge on any atom is -0.495 e. The second-order valence-corrected chi connectivity index (χ2v) is 12.0. The van der Waals surface area contributed by atoms with Crippen molar-refractivity contribution in [3.63, 3.8) is 0 Å². The summed E-state index contributed by atoms with van der Waals surface area (Å²) in [7, 11) is 0.756. The summed E-state index contributed by atoms with van der Waals surface area (Å²) in [6.45, 7) is 1.86. The van der Waals surface area contributed by atoms with E-state index in [-0.39, 0.29) is 17.4 Å². The molecular weight excluding hydrogens is 574 g/mol. The third-order valence-corrected chi connectivity index (χ3v) is 8.78. The number of Topliss-reactive ketones (excluding diaryl/α,β-unsaturated/α-hetero) is 1. The zero-order chi connectivity index (χ0) is 27.2. The summed E-state index contributed by atoms with van der Waals surface area (Å²) in [4.78, 5) is 14.0. The highest BCUT2D eigenvalue weighted by Gasteiger charge is 2.34. The third kappa shape index (κ3) is 4.63. The van der Waals surface area contributed by atoms with Gasteiger partial charge in [-0.15, -0.1) is 0 Å². The largest absolute Gasteiger partial charge is 0.495 e. The maximum absolute atomic E-state index is 14.1. The van der Waals surface area contributed by atoms with Crippen LogP contribution in [0.1, 0.15) is 22.6 Å². The molecule has 0 saturated carbocycles. The number of aryl methyl sites for hydroxylation is 2. The highest BCUT2D eigenvalue weighted by Crippen LogP contribution is 2.45. The van der Waals surface area contributed by atoms with E-state index >= 15 is 0 Å². The topological polar surface area (TPSA) is 93.1 Å². The smallest absolute Gasteiger partial charge is 0.231 e. The molecule has 0 spiro atoms. The Labute approximate surface area is 229 Å². The van der Waals surface area contributed by atoms with Gasteiger partial charge in [-0.1, -0.05) is 28.1 Å². The summed E-state index contributed by atoms with van der Waals surface area (Å²) in [6.07, 6.45) is 1.86. The van der Waals surface area contributed by atoms with Gasteiger partial charge in [-0.2, -0.15) is 0 Å². The molecule has 0 saturated heterocycles. The summed E-state index contributed by atoms with van der Waals surface area (Å²) < 4.78 is 51.9.